The van der Waals surface area contributed by atoms with Gasteiger partial charge in [0.1, 0.15) is 0 Å². The smallest absolute Gasteiger partial charge is 0.330 e. The van der Waals surface area contributed by atoms with Crippen LogP contribution in [0.15, 0.2) is 11.6 Å². The molecule has 25 heavy (non-hydrogen) atoms. The molecule has 0 aliphatic carbocycles. The quantitative estimate of drug-likeness (QED) is 0.0986. The lowest BCUT2D eigenvalue weighted by molar-refractivity contribution is -0.137. The summed E-state index contributed by atoms with van der Waals surface area (Å²) in [6.45, 7) is 5.04. The number of carbonyl (C=O) groups is 1. The minimum absolute atomic E-state index is 0.127. The second-order valence-electron chi connectivity index (χ2n) is 7.05. The van der Waals surface area contributed by atoms with Crippen LogP contribution in [-0.2, 0) is 9.53 Å². The lowest BCUT2D eigenvalue weighted by Gasteiger charge is -2.08. The van der Waals surface area contributed by atoms with Crippen molar-refractivity contribution in [1.29, 1.82) is 0 Å². The zero-order chi connectivity index (χ0) is 18.6. The summed E-state index contributed by atoms with van der Waals surface area (Å²) in [5.41, 5.74) is 1.30. The first-order valence-electron chi connectivity index (χ1n) is 10.7. The van der Waals surface area contributed by atoms with Crippen molar-refractivity contribution >= 4 is 21.9 Å². The Hall–Kier alpha value is -0.310. The Morgan fingerprint density at radius 2 is 1.28 bits per heavy atom. The van der Waals surface area contributed by atoms with Crippen LogP contribution in [0.1, 0.15) is 110 Å². The van der Waals surface area contributed by atoms with Gasteiger partial charge in [-0.1, -0.05) is 93.1 Å². The maximum Gasteiger partial charge on any atom is 0.330 e. The van der Waals surface area contributed by atoms with Gasteiger partial charge >= 0.3 is 5.97 Å². The fourth-order valence-electron chi connectivity index (χ4n) is 2.93. The maximum atomic E-state index is 12.0. The van der Waals surface area contributed by atoms with E-state index in [1.807, 2.05) is 0 Å². The lowest BCUT2D eigenvalue weighted by Crippen LogP contribution is -2.04. The van der Waals surface area contributed by atoms with Crippen molar-refractivity contribution < 1.29 is 9.53 Å². The Morgan fingerprint density at radius 1 is 0.760 bits per heavy atom. The fraction of sp³-hybridized carbons (Fsp3) is 0.864. The Kier molecular flexibility index (Phi) is 19.8. The van der Waals surface area contributed by atoms with E-state index in [0.717, 1.165) is 31.0 Å². The van der Waals surface area contributed by atoms with E-state index in [1.165, 1.54) is 76.2 Å². The Morgan fingerprint density at radius 3 is 1.96 bits per heavy atom. The van der Waals surface area contributed by atoms with Gasteiger partial charge in [0.05, 0.1) is 6.61 Å². The van der Waals surface area contributed by atoms with Crippen LogP contribution in [0.4, 0.5) is 0 Å². The van der Waals surface area contributed by atoms with E-state index in [-0.39, 0.29) is 5.97 Å². The van der Waals surface area contributed by atoms with E-state index in [4.69, 9.17) is 4.74 Å². The van der Waals surface area contributed by atoms with Crippen LogP contribution in [0.3, 0.4) is 0 Å². The van der Waals surface area contributed by atoms with Gasteiger partial charge in [0.25, 0.3) is 0 Å². The van der Waals surface area contributed by atoms with Crippen molar-refractivity contribution in [3.05, 3.63) is 11.6 Å². The van der Waals surface area contributed by atoms with Crippen LogP contribution in [0.2, 0.25) is 0 Å². The van der Waals surface area contributed by atoms with Gasteiger partial charge < -0.3 is 4.74 Å². The summed E-state index contributed by atoms with van der Waals surface area (Å²) >= 11 is 3.44. The SMILES string of the molecule is CCCCCCCC/C(=C/C(=O)OCCCCCCBr)CCCCC. The van der Waals surface area contributed by atoms with Gasteiger partial charge in [-0.3, -0.25) is 0 Å². The Labute approximate surface area is 165 Å². The molecule has 0 spiro atoms. The van der Waals surface area contributed by atoms with E-state index < -0.39 is 0 Å². The molecule has 0 N–H and O–H groups in total. The first-order valence-corrected chi connectivity index (χ1v) is 11.8. The minimum atomic E-state index is -0.127. The molecule has 0 bridgehead atoms. The van der Waals surface area contributed by atoms with E-state index >= 15 is 0 Å². The summed E-state index contributed by atoms with van der Waals surface area (Å²) in [4.78, 5) is 12.0. The molecular formula is C22H41BrO2. The zero-order valence-corrected chi connectivity index (χ0v) is 18.4. The summed E-state index contributed by atoms with van der Waals surface area (Å²) in [7, 11) is 0. The summed E-state index contributed by atoms with van der Waals surface area (Å²) in [6, 6.07) is 0. The first-order chi connectivity index (χ1) is 12.2. The standard InChI is InChI=1S/C22H41BrO2/c1-3-5-7-8-9-13-17-21(16-12-6-4-2)20-22(24)25-19-15-11-10-14-18-23/h20H,3-19H2,1-2H3/b21-20+. The molecule has 3 heteroatoms. The maximum absolute atomic E-state index is 12.0. The van der Waals surface area contributed by atoms with Crippen molar-refractivity contribution in [2.24, 2.45) is 0 Å². The molecule has 0 aromatic rings. The number of hydrogen-bond donors (Lipinski definition) is 0. The molecule has 0 aliphatic rings. The van der Waals surface area contributed by atoms with E-state index in [9.17, 15) is 4.79 Å². The van der Waals surface area contributed by atoms with Crippen molar-refractivity contribution in [2.75, 3.05) is 11.9 Å². The monoisotopic (exact) mass is 416 g/mol. The summed E-state index contributed by atoms with van der Waals surface area (Å²) in [5.74, 6) is -0.127. The average molecular weight is 417 g/mol. The third-order valence-electron chi connectivity index (χ3n) is 4.55. The number of carbonyl (C=O) groups excluding carboxylic acids is 1. The second kappa shape index (κ2) is 20.0. The molecule has 0 heterocycles. The van der Waals surface area contributed by atoms with Crippen LogP contribution in [0.5, 0.6) is 0 Å². The third-order valence-corrected chi connectivity index (χ3v) is 5.11. The van der Waals surface area contributed by atoms with Gasteiger partial charge in [-0.15, -0.1) is 0 Å². The fourth-order valence-corrected chi connectivity index (χ4v) is 3.33. The molecule has 0 radical (unpaired) electrons. The highest BCUT2D eigenvalue weighted by atomic mass is 79.9. The molecule has 0 saturated carbocycles. The summed E-state index contributed by atoms with van der Waals surface area (Å²) < 4.78 is 5.39. The van der Waals surface area contributed by atoms with Crippen LogP contribution in [0, 0.1) is 0 Å². The lowest BCUT2D eigenvalue weighted by atomic mass is 10.00. The van der Waals surface area contributed by atoms with Crippen LogP contribution < -0.4 is 0 Å². The van der Waals surface area contributed by atoms with Gasteiger partial charge in [0.2, 0.25) is 0 Å². The predicted octanol–water partition coefficient (Wildman–Crippen LogP) is 7.74. The zero-order valence-electron chi connectivity index (χ0n) is 16.8. The number of alkyl halides is 1. The Bertz CT molecular complexity index is 326. The largest absolute Gasteiger partial charge is 0.463 e. The molecular weight excluding hydrogens is 376 g/mol. The number of ether oxygens (including phenoxy) is 1. The highest BCUT2D eigenvalue weighted by Crippen LogP contribution is 2.18. The van der Waals surface area contributed by atoms with E-state index in [2.05, 4.69) is 29.8 Å². The van der Waals surface area contributed by atoms with Crippen molar-refractivity contribution in [3.63, 3.8) is 0 Å². The number of allylic oxidation sites excluding steroid dienone is 1. The summed E-state index contributed by atoms with van der Waals surface area (Å²) in [5, 5.41) is 1.06. The number of esters is 1. The average Bonchev–Trinajstić information content (AvgIpc) is 2.61. The molecule has 0 unspecified atom stereocenters. The van der Waals surface area contributed by atoms with Gasteiger partial charge in [-0.25, -0.2) is 4.79 Å². The minimum Gasteiger partial charge on any atom is -0.463 e. The molecule has 0 atom stereocenters. The molecule has 0 amide bonds. The third kappa shape index (κ3) is 18.3. The number of rotatable bonds is 18. The van der Waals surface area contributed by atoms with Crippen molar-refractivity contribution in [3.8, 4) is 0 Å². The van der Waals surface area contributed by atoms with E-state index in [0.29, 0.717) is 6.61 Å². The van der Waals surface area contributed by atoms with Crippen molar-refractivity contribution in [2.45, 2.75) is 110 Å². The van der Waals surface area contributed by atoms with Gasteiger partial charge in [-0.05, 0) is 38.5 Å². The van der Waals surface area contributed by atoms with Crippen molar-refractivity contribution in [1.82, 2.24) is 0 Å². The predicted molar refractivity (Wildman–Crippen MR) is 113 cm³/mol. The molecule has 148 valence electrons. The first kappa shape index (κ1) is 24.7. The van der Waals surface area contributed by atoms with Gasteiger partial charge in [0.15, 0.2) is 0 Å². The highest BCUT2D eigenvalue weighted by Gasteiger charge is 2.04. The second-order valence-corrected chi connectivity index (χ2v) is 7.84. The molecule has 0 rings (SSSR count). The molecule has 0 aromatic heterocycles. The number of hydrogen-bond acceptors (Lipinski definition) is 2. The topological polar surface area (TPSA) is 26.3 Å². The van der Waals surface area contributed by atoms with Crippen LogP contribution >= 0.6 is 15.9 Å². The molecule has 0 aliphatic heterocycles. The molecule has 0 aromatic carbocycles. The van der Waals surface area contributed by atoms with Crippen LogP contribution in [0.25, 0.3) is 0 Å². The summed E-state index contributed by atoms with van der Waals surface area (Å²) in [6.07, 6.45) is 19.9. The van der Waals surface area contributed by atoms with Gasteiger partial charge in [0, 0.05) is 11.4 Å². The molecule has 2 nitrogen and oxygen atoms in total. The highest BCUT2D eigenvalue weighted by molar-refractivity contribution is 9.09. The Balaban J connectivity index is 4.05. The van der Waals surface area contributed by atoms with E-state index in [1.54, 1.807) is 6.08 Å². The normalized spacial score (nSPS) is 11.7. The molecule has 0 fully saturated rings. The van der Waals surface area contributed by atoms with Crippen LogP contribution in [-0.4, -0.2) is 17.9 Å². The number of halogens is 1. The number of unbranched alkanes of at least 4 members (excludes halogenated alkanes) is 10. The van der Waals surface area contributed by atoms with Gasteiger partial charge in [-0.2, -0.15) is 0 Å². The molecule has 0 saturated heterocycles.